The number of carbonyl (C=O) groups is 1. The Balaban J connectivity index is 1.86. The molecule has 9 heteroatoms. The number of nitro groups is 1. The number of thiocarbonyl (C=S) groups is 1. The van der Waals surface area contributed by atoms with Crippen LogP contribution < -0.4 is 16.2 Å². The predicted molar refractivity (Wildman–Crippen MR) is 91.4 cm³/mol. The van der Waals surface area contributed by atoms with E-state index in [9.17, 15) is 14.9 Å². The summed E-state index contributed by atoms with van der Waals surface area (Å²) in [5.74, 6) is -0.380. The fourth-order valence-corrected chi connectivity index (χ4v) is 1.91. The van der Waals surface area contributed by atoms with Crippen molar-refractivity contribution in [1.82, 2.24) is 10.9 Å². The molecule has 0 heterocycles. The van der Waals surface area contributed by atoms with Crippen molar-refractivity contribution in [3.63, 3.8) is 0 Å². The van der Waals surface area contributed by atoms with Gasteiger partial charge in [-0.05, 0) is 48.6 Å². The predicted octanol–water partition coefficient (Wildman–Crippen LogP) is 2.88. The van der Waals surface area contributed by atoms with Gasteiger partial charge in [0.2, 0.25) is 0 Å². The van der Waals surface area contributed by atoms with Crippen molar-refractivity contribution >= 4 is 46.2 Å². The number of amides is 1. The molecule has 0 bridgehead atoms. The number of benzene rings is 2. The summed E-state index contributed by atoms with van der Waals surface area (Å²) in [6.45, 7) is 0. The lowest BCUT2D eigenvalue weighted by molar-refractivity contribution is -0.384. The van der Waals surface area contributed by atoms with Crippen LogP contribution in [0.3, 0.4) is 0 Å². The van der Waals surface area contributed by atoms with Gasteiger partial charge in [-0.25, -0.2) is 0 Å². The zero-order valence-electron chi connectivity index (χ0n) is 11.6. The molecular weight excluding hydrogens is 340 g/mol. The lowest BCUT2D eigenvalue weighted by Crippen LogP contribution is -2.43. The molecule has 0 radical (unpaired) electrons. The first kappa shape index (κ1) is 16.7. The van der Waals surface area contributed by atoms with Crippen LogP contribution in [0, 0.1) is 10.1 Å². The summed E-state index contributed by atoms with van der Waals surface area (Å²) in [5.41, 5.74) is 5.90. The summed E-state index contributed by atoms with van der Waals surface area (Å²) in [4.78, 5) is 21.9. The van der Waals surface area contributed by atoms with Crippen molar-refractivity contribution in [3.8, 4) is 0 Å². The number of hydrazine groups is 1. The third kappa shape index (κ3) is 4.90. The summed E-state index contributed by atoms with van der Waals surface area (Å²) in [7, 11) is 0. The van der Waals surface area contributed by atoms with E-state index in [0.717, 1.165) is 0 Å². The maximum absolute atomic E-state index is 11.9. The Kier molecular flexibility index (Phi) is 5.45. The summed E-state index contributed by atoms with van der Waals surface area (Å²) >= 11 is 10.8. The van der Waals surface area contributed by atoms with Crippen LogP contribution in [-0.4, -0.2) is 15.9 Å². The van der Waals surface area contributed by atoms with Gasteiger partial charge in [0, 0.05) is 28.4 Å². The highest BCUT2D eigenvalue weighted by molar-refractivity contribution is 7.80. The minimum Gasteiger partial charge on any atom is -0.331 e. The SMILES string of the molecule is O=C(NNC(=S)Nc1ccc([N+](=O)[O-])cc1)c1ccc(Cl)cc1. The molecule has 0 atom stereocenters. The second-order valence-electron chi connectivity index (χ2n) is 4.34. The van der Waals surface area contributed by atoms with Gasteiger partial charge in [-0.15, -0.1) is 0 Å². The minimum atomic E-state index is -0.493. The average molecular weight is 351 g/mol. The van der Waals surface area contributed by atoms with Crippen LogP contribution in [0.1, 0.15) is 10.4 Å². The molecule has 0 aliphatic carbocycles. The van der Waals surface area contributed by atoms with E-state index in [1.54, 1.807) is 24.3 Å². The zero-order chi connectivity index (χ0) is 16.8. The van der Waals surface area contributed by atoms with E-state index >= 15 is 0 Å². The molecule has 0 fully saturated rings. The van der Waals surface area contributed by atoms with Crippen molar-refractivity contribution in [1.29, 1.82) is 0 Å². The van der Waals surface area contributed by atoms with Crippen molar-refractivity contribution in [2.75, 3.05) is 5.32 Å². The number of halogens is 1. The van der Waals surface area contributed by atoms with Gasteiger partial charge in [0.05, 0.1) is 4.92 Å². The Labute approximate surface area is 141 Å². The standard InChI is InChI=1S/C14H11ClN4O3S/c15-10-3-1-9(2-4-10)13(20)17-18-14(23)16-11-5-7-12(8-6-11)19(21)22/h1-8H,(H,17,20)(H2,16,18,23). The first-order valence-electron chi connectivity index (χ1n) is 6.33. The monoisotopic (exact) mass is 350 g/mol. The molecule has 118 valence electrons. The number of nitro benzene ring substituents is 1. The van der Waals surface area contributed by atoms with Gasteiger partial charge in [-0.3, -0.25) is 25.8 Å². The Morgan fingerprint density at radius 2 is 1.65 bits per heavy atom. The molecule has 1 amide bonds. The van der Waals surface area contributed by atoms with Crippen LogP contribution in [0.5, 0.6) is 0 Å². The van der Waals surface area contributed by atoms with Crippen LogP contribution >= 0.6 is 23.8 Å². The van der Waals surface area contributed by atoms with E-state index < -0.39 is 4.92 Å². The number of nitrogens with one attached hydrogen (secondary N) is 3. The average Bonchev–Trinajstić information content (AvgIpc) is 2.54. The van der Waals surface area contributed by atoms with E-state index in [-0.39, 0.29) is 16.7 Å². The van der Waals surface area contributed by atoms with Crippen LogP contribution in [0.15, 0.2) is 48.5 Å². The Hall–Kier alpha value is -2.71. The van der Waals surface area contributed by atoms with Crippen molar-refractivity contribution in [2.45, 2.75) is 0 Å². The number of non-ortho nitro benzene ring substituents is 1. The largest absolute Gasteiger partial charge is 0.331 e. The molecule has 0 spiro atoms. The Morgan fingerprint density at radius 3 is 2.22 bits per heavy atom. The lowest BCUT2D eigenvalue weighted by atomic mass is 10.2. The number of anilines is 1. The molecule has 2 rings (SSSR count). The van der Waals surface area contributed by atoms with Gasteiger partial charge >= 0.3 is 0 Å². The van der Waals surface area contributed by atoms with Crippen molar-refractivity contribution in [2.24, 2.45) is 0 Å². The summed E-state index contributed by atoms with van der Waals surface area (Å²) in [5, 5.41) is 14.0. The number of hydrogen-bond acceptors (Lipinski definition) is 4. The Morgan fingerprint density at radius 1 is 1.04 bits per heavy atom. The zero-order valence-corrected chi connectivity index (χ0v) is 13.1. The van der Waals surface area contributed by atoms with E-state index in [2.05, 4.69) is 16.2 Å². The maximum atomic E-state index is 11.9. The molecule has 0 saturated heterocycles. The topological polar surface area (TPSA) is 96.3 Å². The molecule has 0 aliphatic rings. The minimum absolute atomic E-state index is 0.0227. The van der Waals surface area contributed by atoms with Gasteiger partial charge < -0.3 is 5.32 Å². The summed E-state index contributed by atoms with van der Waals surface area (Å²) in [6, 6.07) is 12.1. The molecule has 0 aromatic heterocycles. The second-order valence-corrected chi connectivity index (χ2v) is 5.19. The fraction of sp³-hybridized carbons (Fsp3) is 0. The number of carbonyl (C=O) groups excluding carboxylic acids is 1. The smallest absolute Gasteiger partial charge is 0.269 e. The fourth-order valence-electron chi connectivity index (χ4n) is 1.62. The van der Waals surface area contributed by atoms with E-state index in [0.29, 0.717) is 16.3 Å². The van der Waals surface area contributed by atoms with Gasteiger partial charge in [-0.1, -0.05) is 11.6 Å². The number of nitrogens with zero attached hydrogens (tertiary/aromatic N) is 1. The van der Waals surface area contributed by atoms with Crippen LogP contribution in [0.2, 0.25) is 5.02 Å². The Bertz CT molecular complexity index is 735. The first-order chi connectivity index (χ1) is 11.0. The third-order valence-corrected chi connectivity index (χ3v) is 3.19. The van der Waals surface area contributed by atoms with Crippen LogP contribution in [0.4, 0.5) is 11.4 Å². The number of hydrogen-bond donors (Lipinski definition) is 3. The highest BCUT2D eigenvalue weighted by Gasteiger charge is 2.07. The third-order valence-electron chi connectivity index (χ3n) is 2.73. The summed E-state index contributed by atoms with van der Waals surface area (Å²) in [6.07, 6.45) is 0. The van der Waals surface area contributed by atoms with Crippen LogP contribution in [0.25, 0.3) is 0 Å². The molecule has 2 aromatic carbocycles. The van der Waals surface area contributed by atoms with Crippen molar-refractivity contribution < 1.29 is 9.72 Å². The van der Waals surface area contributed by atoms with Gasteiger partial charge in [0.25, 0.3) is 11.6 Å². The molecule has 0 unspecified atom stereocenters. The molecule has 23 heavy (non-hydrogen) atoms. The molecule has 3 N–H and O–H groups in total. The van der Waals surface area contributed by atoms with E-state index in [4.69, 9.17) is 23.8 Å². The highest BCUT2D eigenvalue weighted by Crippen LogP contribution is 2.15. The molecule has 2 aromatic rings. The van der Waals surface area contributed by atoms with Crippen LogP contribution in [-0.2, 0) is 0 Å². The van der Waals surface area contributed by atoms with E-state index in [1.807, 2.05) is 0 Å². The van der Waals surface area contributed by atoms with E-state index in [1.165, 1.54) is 24.3 Å². The molecule has 7 nitrogen and oxygen atoms in total. The van der Waals surface area contributed by atoms with Gasteiger partial charge in [0.15, 0.2) is 5.11 Å². The molecule has 0 aliphatic heterocycles. The second kappa shape index (κ2) is 7.52. The molecular formula is C14H11ClN4O3S. The number of rotatable bonds is 3. The van der Waals surface area contributed by atoms with Gasteiger partial charge in [0.1, 0.15) is 0 Å². The lowest BCUT2D eigenvalue weighted by Gasteiger charge is -2.11. The maximum Gasteiger partial charge on any atom is 0.269 e. The normalized spacial score (nSPS) is 9.78. The molecule has 0 saturated carbocycles. The highest BCUT2D eigenvalue weighted by atomic mass is 35.5. The van der Waals surface area contributed by atoms with Crippen molar-refractivity contribution in [3.05, 3.63) is 69.2 Å². The first-order valence-corrected chi connectivity index (χ1v) is 7.11. The summed E-state index contributed by atoms with van der Waals surface area (Å²) < 4.78 is 0. The van der Waals surface area contributed by atoms with Gasteiger partial charge in [-0.2, -0.15) is 0 Å². The quantitative estimate of drug-likeness (QED) is 0.447.